The van der Waals surface area contributed by atoms with E-state index in [1.807, 2.05) is 0 Å². The standard InChI is InChI=1S/C13H13FN2O2/c14-9-3-4-10-11(7-9)16(13(18)12(10)17)8-15-5-1-2-6-15/h3-4,7H,1-2,5-6,8H2. The average Bonchev–Trinajstić information content (AvgIpc) is 2.93. The summed E-state index contributed by atoms with van der Waals surface area (Å²) in [7, 11) is 0. The number of Topliss-reactive ketones (excluding diaryl/α,β-unsaturated/α-hetero) is 1. The maximum Gasteiger partial charge on any atom is 0.300 e. The second-order valence-electron chi connectivity index (χ2n) is 4.69. The summed E-state index contributed by atoms with van der Waals surface area (Å²) in [4.78, 5) is 27.1. The molecule has 0 radical (unpaired) electrons. The molecule has 1 aromatic carbocycles. The molecule has 2 heterocycles. The molecule has 0 atom stereocenters. The van der Waals surface area contributed by atoms with Gasteiger partial charge >= 0.3 is 5.91 Å². The molecule has 1 aromatic rings. The van der Waals surface area contributed by atoms with Crippen molar-refractivity contribution in [2.75, 3.05) is 24.7 Å². The first kappa shape index (κ1) is 11.3. The number of anilines is 1. The minimum Gasteiger partial charge on any atom is -0.291 e. The van der Waals surface area contributed by atoms with Crippen LogP contribution in [0.2, 0.25) is 0 Å². The predicted octanol–water partition coefficient (Wildman–Crippen LogP) is 1.41. The van der Waals surface area contributed by atoms with Gasteiger partial charge in [0, 0.05) is 0 Å². The molecule has 0 bridgehead atoms. The van der Waals surface area contributed by atoms with Gasteiger partial charge < -0.3 is 0 Å². The first-order valence-corrected chi connectivity index (χ1v) is 6.05. The summed E-state index contributed by atoms with van der Waals surface area (Å²) in [5, 5.41) is 0. The Labute approximate surface area is 104 Å². The van der Waals surface area contributed by atoms with Crippen LogP contribution in [0.25, 0.3) is 0 Å². The molecule has 0 aliphatic carbocycles. The molecule has 5 heteroatoms. The van der Waals surface area contributed by atoms with Crippen molar-refractivity contribution in [1.82, 2.24) is 4.90 Å². The van der Waals surface area contributed by atoms with Crippen molar-refractivity contribution < 1.29 is 14.0 Å². The van der Waals surface area contributed by atoms with Crippen molar-refractivity contribution in [3.63, 3.8) is 0 Å². The van der Waals surface area contributed by atoms with Gasteiger partial charge in [0.1, 0.15) is 5.82 Å². The van der Waals surface area contributed by atoms with Gasteiger partial charge in [0.15, 0.2) is 0 Å². The van der Waals surface area contributed by atoms with Gasteiger partial charge in [0.2, 0.25) is 0 Å². The van der Waals surface area contributed by atoms with E-state index in [0.29, 0.717) is 17.9 Å². The van der Waals surface area contributed by atoms with Crippen LogP contribution in [-0.4, -0.2) is 36.3 Å². The fourth-order valence-electron chi connectivity index (χ4n) is 2.53. The largest absolute Gasteiger partial charge is 0.300 e. The second kappa shape index (κ2) is 4.17. The van der Waals surface area contributed by atoms with E-state index in [-0.39, 0.29) is 0 Å². The van der Waals surface area contributed by atoms with Crippen molar-refractivity contribution in [2.45, 2.75) is 12.8 Å². The lowest BCUT2D eigenvalue weighted by atomic mass is 10.1. The Morgan fingerprint density at radius 3 is 2.61 bits per heavy atom. The van der Waals surface area contributed by atoms with Crippen LogP contribution in [0.5, 0.6) is 0 Å². The van der Waals surface area contributed by atoms with Crippen LogP contribution in [0.1, 0.15) is 23.2 Å². The molecular formula is C13H13FN2O2. The number of halogens is 1. The number of fused-ring (bicyclic) bond motifs is 1. The van der Waals surface area contributed by atoms with Gasteiger partial charge in [-0.05, 0) is 44.1 Å². The van der Waals surface area contributed by atoms with Crippen molar-refractivity contribution in [3.05, 3.63) is 29.6 Å². The number of likely N-dealkylation sites (tertiary alicyclic amines) is 1. The van der Waals surface area contributed by atoms with Gasteiger partial charge in [-0.2, -0.15) is 0 Å². The number of carbonyl (C=O) groups is 2. The molecule has 1 fully saturated rings. The average molecular weight is 248 g/mol. The second-order valence-corrected chi connectivity index (χ2v) is 4.69. The third kappa shape index (κ3) is 1.71. The SMILES string of the molecule is O=C1C(=O)N(CN2CCCC2)c2cc(F)ccc21. The summed E-state index contributed by atoms with van der Waals surface area (Å²) < 4.78 is 13.2. The third-order valence-electron chi connectivity index (χ3n) is 3.47. The van der Waals surface area contributed by atoms with E-state index in [2.05, 4.69) is 4.90 Å². The molecule has 0 unspecified atom stereocenters. The number of hydrogen-bond acceptors (Lipinski definition) is 3. The van der Waals surface area contributed by atoms with Crippen LogP contribution in [0.15, 0.2) is 18.2 Å². The van der Waals surface area contributed by atoms with E-state index in [4.69, 9.17) is 0 Å². The van der Waals surface area contributed by atoms with E-state index in [1.54, 1.807) is 0 Å². The van der Waals surface area contributed by atoms with Gasteiger partial charge in [-0.25, -0.2) is 4.39 Å². The Kier molecular flexibility index (Phi) is 2.63. The highest BCUT2D eigenvalue weighted by molar-refractivity contribution is 6.52. The van der Waals surface area contributed by atoms with Crippen LogP contribution in [0.4, 0.5) is 10.1 Å². The Balaban J connectivity index is 1.93. The fourth-order valence-corrected chi connectivity index (χ4v) is 2.53. The molecule has 18 heavy (non-hydrogen) atoms. The Morgan fingerprint density at radius 2 is 1.89 bits per heavy atom. The summed E-state index contributed by atoms with van der Waals surface area (Å²) in [5.41, 5.74) is 0.706. The smallest absolute Gasteiger partial charge is 0.291 e. The van der Waals surface area contributed by atoms with E-state index in [1.165, 1.54) is 23.1 Å². The summed E-state index contributed by atoms with van der Waals surface area (Å²) in [6.45, 7) is 2.21. The number of nitrogens with zero attached hydrogens (tertiary/aromatic N) is 2. The topological polar surface area (TPSA) is 40.6 Å². The molecule has 0 aromatic heterocycles. The number of rotatable bonds is 2. The lowest BCUT2D eigenvalue weighted by Gasteiger charge is -2.23. The lowest BCUT2D eigenvalue weighted by molar-refractivity contribution is -0.114. The Morgan fingerprint density at radius 1 is 1.17 bits per heavy atom. The van der Waals surface area contributed by atoms with Gasteiger partial charge in [-0.1, -0.05) is 0 Å². The van der Waals surface area contributed by atoms with Gasteiger partial charge in [0.05, 0.1) is 17.9 Å². The summed E-state index contributed by atoms with van der Waals surface area (Å²) >= 11 is 0. The Bertz CT molecular complexity index is 524. The quantitative estimate of drug-likeness (QED) is 0.743. The first-order valence-electron chi connectivity index (χ1n) is 6.05. The molecule has 0 N–H and O–H groups in total. The van der Waals surface area contributed by atoms with Gasteiger partial charge in [-0.3, -0.25) is 19.4 Å². The number of ketones is 1. The molecule has 2 aliphatic rings. The molecule has 0 spiro atoms. The molecule has 1 amide bonds. The molecule has 0 saturated carbocycles. The number of hydrogen-bond donors (Lipinski definition) is 0. The fraction of sp³-hybridized carbons (Fsp3) is 0.385. The van der Waals surface area contributed by atoms with Gasteiger partial charge in [0.25, 0.3) is 5.78 Å². The minimum atomic E-state index is -0.553. The van der Waals surface area contributed by atoms with E-state index >= 15 is 0 Å². The van der Waals surface area contributed by atoms with E-state index < -0.39 is 17.5 Å². The maximum absolute atomic E-state index is 13.2. The normalized spacial score (nSPS) is 19.7. The van der Waals surface area contributed by atoms with Crippen molar-refractivity contribution >= 4 is 17.4 Å². The molecule has 2 aliphatic heterocycles. The number of carbonyl (C=O) groups excluding carboxylic acids is 2. The summed E-state index contributed by atoms with van der Waals surface area (Å²) in [5.74, 6) is -1.52. The predicted molar refractivity (Wildman–Crippen MR) is 63.9 cm³/mol. The molecular weight excluding hydrogens is 235 g/mol. The molecule has 1 saturated heterocycles. The zero-order valence-electron chi connectivity index (χ0n) is 9.86. The van der Waals surface area contributed by atoms with Crippen molar-refractivity contribution in [1.29, 1.82) is 0 Å². The highest BCUT2D eigenvalue weighted by Crippen LogP contribution is 2.30. The van der Waals surface area contributed by atoms with Gasteiger partial charge in [-0.15, -0.1) is 0 Å². The lowest BCUT2D eigenvalue weighted by Crippen LogP contribution is -2.39. The van der Waals surface area contributed by atoms with Crippen LogP contribution in [0.3, 0.4) is 0 Å². The molecule has 94 valence electrons. The first-order chi connectivity index (χ1) is 8.66. The van der Waals surface area contributed by atoms with Crippen molar-refractivity contribution in [2.24, 2.45) is 0 Å². The van der Waals surface area contributed by atoms with Crippen LogP contribution in [0, 0.1) is 5.82 Å². The molecule has 4 nitrogen and oxygen atoms in total. The summed E-state index contributed by atoms with van der Waals surface area (Å²) in [6, 6.07) is 3.85. The Hall–Kier alpha value is -1.75. The van der Waals surface area contributed by atoms with Crippen molar-refractivity contribution in [3.8, 4) is 0 Å². The third-order valence-corrected chi connectivity index (χ3v) is 3.47. The molecule has 3 rings (SSSR count). The summed E-state index contributed by atoms with van der Waals surface area (Å²) in [6.07, 6.45) is 2.21. The van der Waals surface area contributed by atoms with E-state index in [0.717, 1.165) is 25.9 Å². The highest BCUT2D eigenvalue weighted by atomic mass is 19.1. The van der Waals surface area contributed by atoms with Crippen LogP contribution >= 0.6 is 0 Å². The zero-order chi connectivity index (χ0) is 12.7. The van der Waals surface area contributed by atoms with Crippen LogP contribution < -0.4 is 4.90 Å². The monoisotopic (exact) mass is 248 g/mol. The van der Waals surface area contributed by atoms with E-state index in [9.17, 15) is 14.0 Å². The number of amides is 1. The number of benzene rings is 1. The zero-order valence-corrected chi connectivity index (χ0v) is 9.86. The minimum absolute atomic E-state index is 0.306. The maximum atomic E-state index is 13.2. The highest BCUT2D eigenvalue weighted by Gasteiger charge is 2.37. The van der Waals surface area contributed by atoms with Crippen LogP contribution in [-0.2, 0) is 4.79 Å².